The summed E-state index contributed by atoms with van der Waals surface area (Å²) in [6, 6.07) is 1.90. The highest BCUT2D eigenvalue weighted by molar-refractivity contribution is 6.33. The molecular weight excluding hydrogens is 224 g/mol. The summed E-state index contributed by atoms with van der Waals surface area (Å²) in [6.07, 6.45) is 3.66. The van der Waals surface area contributed by atoms with Crippen molar-refractivity contribution in [2.24, 2.45) is 14.1 Å². The minimum atomic E-state index is -0.0393. The molecule has 1 heterocycles. The van der Waals surface area contributed by atoms with Crippen LogP contribution in [0.5, 0.6) is 0 Å². The van der Waals surface area contributed by atoms with E-state index >= 15 is 0 Å². The summed E-state index contributed by atoms with van der Waals surface area (Å²) in [7, 11) is 3.90. The summed E-state index contributed by atoms with van der Waals surface area (Å²) in [5.41, 5.74) is 2.64. The van der Waals surface area contributed by atoms with Crippen LogP contribution >= 0.6 is 11.6 Å². The maximum Gasteiger partial charge on any atom is 0.203 e. The minimum absolute atomic E-state index is 0.0393. The summed E-state index contributed by atoms with van der Waals surface area (Å²) in [4.78, 5) is 0. The fourth-order valence-electron chi connectivity index (χ4n) is 1.97. The van der Waals surface area contributed by atoms with Gasteiger partial charge in [-0.3, -0.25) is 0 Å². The van der Waals surface area contributed by atoms with Gasteiger partial charge in [-0.2, -0.15) is 4.68 Å². The molecule has 2 aromatic rings. The van der Waals surface area contributed by atoms with Gasteiger partial charge in [0.1, 0.15) is 5.52 Å². The molecule has 0 aliphatic rings. The molecule has 2 rings (SSSR count). The average Bonchev–Trinajstić information content (AvgIpc) is 2.54. The molecule has 0 aliphatic carbocycles. The number of aliphatic hydroxyl groups is 1. The number of aryl methyl sites for hydroxylation is 2. The van der Waals surface area contributed by atoms with Gasteiger partial charge in [-0.15, -0.1) is 4.68 Å². The fourth-order valence-corrected chi connectivity index (χ4v) is 2.26. The lowest BCUT2D eigenvalue weighted by Gasteiger charge is -2.05. The number of benzene rings is 1. The van der Waals surface area contributed by atoms with Crippen LogP contribution in [0.3, 0.4) is 0 Å². The van der Waals surface area contributed by atoms with Gasteiger partial charge in [-0.1, -0.05) is 24.3 Å². The van der Waals surface area contributed by atoms with Crippen LogP contribution in [0.2, 0.25) is 5.02 Å². The smallest absolute Gasteiger partial charge is 0.203 e. The largest absolute Gasteiger partial charge is 0.392 e. The van der Waals surface area contributed by atoms with E-state index in [0.29, 0.717) is 5.02 Å². The normalized spacial score (nSPS) is 11.0. The van der Waals surface area contributed by atoms with Crippen molar-refractivity contribution in [2.75, 3.05) is 0 Å². The van der Waals surface area contributed by atoms with Crippen molar-refractivity contribution in [3.8, 4) is 0 Å². The molecule has 0 aliphatic heterocycles. The zero-order valence-electron chi connectivity index (χ0n) is 9.37. The Morgan fingerprint density at radius 1 is 1.62 bits per heavy atom. The predicted molar refractivity (Wildman–Crippen MR) is 65.1 cm³/mol. The lowest BCUT2D eigenvalue weighted by atomic mass is 10.0. The van der Waals surface area contributed by atoms with Gasteiger partial charge in [0.25, 0.3) is 0 Å². The van der Waals surface area contributed by atoms with Gasteiger partial charge < -0.3 is 5.11 Å². The first-order valence-corrected chi connectivity index (χ1v) is 5.38. The molecule has 0 saturated carbocycles. The molecule has 1 N–H and O–H groups in total. The molecule has 0 spiro atoms. The Kier molecular flexibility index (Phi) is 2.74. The maximum atomic E-state index is 9.45. The molecule has 0 fully saturated rings. The molecule has 3 nitrogen and oxygen atoms in total. The Bertz CT molecular complexity index is 572. The Morgan fingerprint density at radius 2 is 2.31 bits per heavy atom. The lowest BCUT2D eigenvalue weighted by molar-refractivity contribution is -0.748. The van der Waals surface area contributed by atoms with E-state index in [4.69, 9.17) is 11.6 Å². The van der Waals surface area contributed by atoms with E-state index in [1.165, 1.54) is 0 Å². The van der Waals surface area contributed by atoms with E-state index in [9.17, 15) is 5.11 Å². The van der Waals surface area contributed by atoms with Crippen LogP contribution in [-0.4, -0.2) is 9.79 Å². The van der Waals surface area contributed by atoms with Gasteiger partial charge in [0.05, 0.1) is 24.1 Å². The quantitative estimate of drug-likeness (QED) is 0.793. The van der Waals surface area contributed by atoms with Crippen molar-refractivity contribution in [1.29, 1.82) is 0 Å². The number of hydrogen-bond acceptors (Lipinski definition) is 1. The van der Waals surface area contributed by atoms with Crippen LogP contribution in [-0.2, 0) is 20.7 Å². The molecule has 0 radical (unpaired) electrons. The molecule has 4 heteroatoms. The molecule has 0 atom stereocenters. The standard InChI is InChI=1S/C12H14ClN2O/c1-4-8-10(7-16)9-6-14(2)15(3)12(9)5-11(8)13/h4-6,16H,1,7H2,2-3H3/q+1. The van der Waals surface area contributed by atoms with Crippen molar-refractivity contribution >= 4 is 28.6 Å². The maximum absolute atomic E-state index is 9.45. The molecule has 16 heavy (non-hydrogen) atoms. The Morgan fingerprint density at radius 3 is 2.88 bits per heavy atom. The third-order valence-electron chi connectivity index (χ3n) is 2.95. The van der Waals surface area contributed by atoms with Gasteiger partial charge in [0.15, 0.2) is 7.05 Å². The molecule has 0 saturated heterocycles. The van der Waals surface area contributed by atoms with Gasteiger partial charge in [0.2, 0.25) is 6.20 Å². The van der Waals surface area contributed by atoms with Gasteiger partial charge in [-0.05, 0) is 11.6 Å². The number of aromatic nitrogens is 2. The van der Waals surface area contributed by atoms with E-state index < -0.39 is 0 Å². The second kappa shape index (κ2) is 3.92. The van der Waals surface area contributed by atoms with Crippen LogP contribution in [0.4, 0.5) is 0 Å². The molecule has 0 bridgehead atoms. The van der Waals surface area contributed by atoms with E-state index in [2.05, 4.69) is 6.58 Å². The molecular formula is C12H14ClN2O+. The van der Waals surface area contributed by atoms with Crippen molar-refractivity contribution < 1.29 is 9.79 Å². The zero-order valence-corrected chi connectivity index (χ0v) is 10.1. The SMILES string of the molecule is C=Cc1c(Cl)cc2c(c[n+](C)n2C)c1CO. The summed E-state index contributed by atoms with van der Waals surface area (Å²) in [5.74, 6) is 0. The van der Waals surface area contributed by atoms with E-state index in [-0.39, 0.29) is 6.61 Å². The average molecular weight is 238 g/mol. The highest BCUT2D eigenvalue weighted by Gasteiger charge is 2.17. The van der Waals surface area contributed by atoms with Crippen LogP contribution in [0.25, 0.3) is 17.0 Å². The molecule has 1 aromatic heterocycles. The Balaban J connectivity index is 2.95. The summed E-state index contributed by atoms with van der Waals surface area (Å²) in [6.45, 7) is 3.69. The number of fused-ring (bicyclic) bond motifs is 1. The predicted octanol–water partition coefficient (Wildman–Crippen LogP) is 1.79. The number of rotatable bonds is 2. The number of hydrogen-bond donors (Lipinski definition) is 1. The summed E-state index contributed by atoms with van der Waals surface area (Å²) < 4.78 is 3.93. The van der Waals surface area contributed by atoms with E-state index in [1.807, 2.05) is 35.7 Å². The van der Waals surface area contributed by atoms with Crippen LogP contribution < -0.4 is 4.68 Å². The first kappa shape index (κ1) is 11.2. The highest BCUT2D eigenvalue weighted by atomic mass is 35.5. The fraction of sp³-hybridized carbons (Fsp3) is 0.250. The van der Waals surface area contributed by atoms with Gasteiger partial charge >= 0.3 is 0 Å². The van der Waals surface area contributed by atoms with Crippen LogP contribution in [0, 0.1) is 0 Å². The van der Waals surface area contributed by atoms with E-state index in [0.717, 1.165) is 22.0 Å². The molecule has 84 valence electrons. The number of nitrogens with zero attached hydrogens (tertiary/aromatic N) is 2. The van der Waals surface area contributed by atoms with Crippen LogP contribution in [0.1, 0.15) is 11.1 Å². The third kappa shape index (κ3) is 1.44. The van der Waals surface area contributed by atoms with E-state index in [1.54, 1.807) is 6.08 Å². The van der Waals surface area contributed by atoms with Gasteiger partial charge in [0, 0.05) is 5.56 Å². The Labute approximate surface area is 99.2 Å². The lowest BCUT2D eigenvalue weighted by Crippen LogP contribution is -2.35. The monoisotopic (exact) mass is 237 g/mol. The second-order valence-corrected chi connectivity index (χ2v) is 4.18. The third-order valence-corrected chi connectivity index (χ3v) is 3.26. The minimum Gasteiger partial charge on any atom is -0.392 e. The Hall–Kier alpha value is -1.32. The zero-order chi connectivity index (χ0) is 11.9. The molecule has 0 unspecified atom stereocenters. The second-order valence-electron chi connectivity index (χ2n) is 3.77. The summed E-state index contributed by atoms with van der Waals surface area (Å²) in [5, 5.41) is 11.1. The van der Waals surface area contributed by atoms with Crippen molar-refractivity contribution in [1.82, 2.24) is 4.68 Å². The number of halogens is 1. The summed E-state index contributed by atoms with van der Waals surface area (Å²) >= 11 is 6.16. The molecule has 1 aromatic carbocycles. The highest BCUT2D eigenvalue weighted by Crippen LogP contribution is 2.29. The van der Waals surface area contributed by atoms with Crippen LogP contribution in [0.15, 0.2) is 18.8 Å². The number of aliphatic hydroxyl groups excluding tert-OH is 1. The van der Waals surface area contributed by atoms with Crippen molar-refractivity contribution in [2.45, 2.75) is 6.61 Å². The van der Waals surface area contributed by atoms with Crippen molar-refractivity contribution in [3.63, 3.8) is 0 Å². The first-order valence-electron chi connectivity index (χ1n) is 5.00. The topological polar surface area (TPSA) is 29.0 Å². The first-order chi connectivity index (χ1) is 7.60. The molecule has 0 amide bonds. The van der Waals surface area contributed by atoms with Gasteiger partial charge in [-0.25, -0.2) is 0 Å². The van der Waals surface area contributed by atoms with Crippen molar-refractivity contribution in [3.05, 3.63) is 35.0 Å².